The standard InChI is InChI=1S/C81H153NO5/c1-3-5-7-9-11-13-15-17-19-20-21-22-36-39-42-46-49-53-57-61-65-69-73-79(84)78(77-83)82-80(85)74-70-66-62-58-54-50-47-43-40-37-34-32-30-28-26-24-23-25-27-29-31-33-35-38-41-44-48-52-56-60-64-68-72-76-87-81(86)75-71-67-63-59-55-51-45-18-16-14-12-10-8-6-4-2/h18,27,29,33,35,45,69,73,78-79,83-84H,3-17,19-26,28,30-32,34,36-44,46-68,70-72,74-77H2,1-2H3,(H,82,85)/b29-27-,35-33-,45-18-,73-69+. The minimum atomic E-state index is -0.845. The molecular formula is C81H153NO5. The molecule has 0 bridgehead atoms. The van der Waals surface area contributed by atoms with Crippen LogP contribution in [0, 0.1) is 0 Å². The molecule has 0 aromatic carbocycles. The molecule has 512 valence electrons. The van der Waals surface area contributed by atoms with Crippen LogP contribution in [-0.4, -0.2) is 47.4 Å². The van der Waals surface area contributed by atoms with E-state index in [1.54, 1.807) is 6.08 Å². The van der Waals surface area contributed by atoms with E-state index in [0.29, 0.717) is 19.4 Å². The fourth-order valence-corrected chi connectivity index (χ4v) is 12.3. The first kappa shape index (κ1) is 84.8. The summed E-state index contributed by atoms with van der Waals surface area (Å²) in [5, 5.41) is 23.3. The van der Waals surface area contributed by atoms with Crippen molar-refractivity contribution in [3.63, 3.8) is 0 Å². The lowest BCUT2D eigenvalue weighted by Crippen LogP contribution is -2.45. The van der Waals surface area contributed by atoms with Crippen LogP contribution in [0.1, 0.15) is 431 Å². The molecule has 6 heteroatoms. The number of carbonyl (C=O) groups is 2. The zero-order valence-electron chi connectivity index (χ0n) is 58.8. The van der Waals surface area contributed by atoms with E-state index in [4.69, 9.17) is 4.74 Å². The van der Waals surface area contributed by atoms with Gasteiger partial charge in [-0.2, -0.15) is 0 Å². The van der Waals surface area contributed by atoms with Crippen molar-refractivity contribution < 1.29 is 24.5 Å². The molecule has 2 atom stereocenters. The number of nitrogens with one attached hydrogen (secondary N) is 1. The molecule has 0 fully saturated rings. The molecule has 0 saturated carbocycles. The number of aliphatic hydroxyl groups excluding tert-OH is 2. The third-order valence-electron chi connectivity index (χ3n) is 18.3. The molecule has 0 aliphatic heterocycles. The Morgan fingerprint density at radius 3 is 0.885 bits per heavy atom. The van der Waals surface area contributed by atoms with Gasteiger partial charge in [-0.15, -0.1) is 0 Å². The molecule has 3 N–H and O–H groups in total. The van der Waals surface area contributed by atoms with Gasteiger partial charge in [0.15, 0.2) is 0 Å². The van der Waals surface area contributed by atoms with Gasteiger partial charge in [0.05, 0.1) is 25.4 Å². The fraction of sp³-hybridized carbons (Fsp3) is 0.877. The van der Waals surface area contributed by atoms with Crippen LogP contribution in [0.4, 0.5) is 0 Å². The van der Waals surface area contributed by atoms with Gasteiger partial charge < -0.3 is 20.3 Å². The van der Waals surface area contributed by atoms with Crippen LogP contribution in [0.2, 0.25) is 0 Å². The van der Waals surface area contributed by atoms with Gasteiger partial charge in [0.2, 0.25) is 5.91 Å². The minimum absolute atomic E-state index is 0.00644. The van der Waals surface area contributed by atoms with E-state index in [2.05, 4.69) is 55.6 Å². The van der Waals surface area contributed by atoms with Crippen LogP contribution in [0.25, 0.3) is 0 Å². The Hall–Kier alpha value is -2.18. The van der Waals surface area contributed by atoms with E-state index >= 15 is 0 Å². The maximum atomic E-state index is 12.5. The molecule has 0 rings (SSSR count). The maximum absolute atomic E-state index is 12.5. The summed E-state index contributed by atoms with van der Waals surface area (Å²) in [6, 6.07) is -0.628. The smallest absolute Gasteiger partial charge is 0.305 e. The molecule has 0 aromatic rings. The highest BCUT2D eigenvalue weighted by Gasteiger charge is 2.18. The minimum Gasteiger partial charge on any atom is -0.466 e. The first-order chi connectivity index (χ1) is 43.0. The van der Waals surface area contributed by atoms with Crippen molar-refractivity contribution in [3.8, 4) is 0 Å². The number of rotatable bonds is 74. The Labute approximate surface area is 544 Å². The van der Waals surface area contributed by atoms with Gasteiger partial charge in [-0.05, 0) is 89.9 Å². The van der Waals surface area contributed by atoms with Crippen molar-refractivity contribution in [2.45, 2.75) is 443 Å². The summed E-state index contributed by atoms with van der Waals surface area (Å²) >= 11 is 0. The SMILES string of the molecule is CCCCCCCC/C=C\CCCCCCCC(=O)OCCCCCCCCCCC/C=C\C/C=C\CCCCCCCCCCCCCCCCCCCC(=O)NC(CO)C(O)/C=C/CCCCCCCCCCCCCCCCCCCCCC. The average Bonchev–Trinajstić information content (AvgIpc) is 3.52. The van der Waals surface area contributed by atoms with Crippen LogP contribution < -0.4 is 5.32 Å². The van der Waals surface area contributed by atoms with Gasteiger partial charge >= 0.3 is 5.97 Å². The lowest BCUT2D eigenvalue weighted by Gasteiger charge is -2.20. The van der Waals surface area contributed by atoms with Crippen LogP contribution in [0.3, 0.4) is 0 Å². The number of amides is 1. The Bertz CT molecular complexity index is 1450. The number of hydrogen-bond acceptors (Lipinski definition) is 5. The van der Waals surface area contributed by atoms with Crippen molar-refractivity contribution in [1.82, 2.24) is 5.32 Å². The Kier molecular flexibility index (Phi) is 74.4. The largest absolute Gasteiger partial charge is 0.466 e. The Balaban J connectivity index is 3.41. The third-order valence-corrected chi connectivity index (χ3v) is 18.3. The van der Waals surface area contributed by atoms with Gasteiger partial charge in [-0.25, -0.2) is 0 Å². The van der Waals surface area contributed by atoms with Crippen LogP contribution >= 0.6 is 0 Å². The van der Waals surface area contributed by atoms with E-state index < -0.39 is 12.1 Å². The van der Waals surface area contributed by atoms with E-state index in [1.165, 1.54) is 353 Å². The predicted octanol–water partition coefficient (Wildman–Crippen LogP) is 26.0. The fourth-order valence-electron chi connectivity index (χ4n) is 12.3. The number of unbranched alkanes of at least 4 members (excludes halogenated alkanes) is 57. The molecule has 0 aliphatic rings. The molecule has 0 saturated heterocycles. The molecule has 0 aromatic heterocycles. The van der Waals surface area contributed by atoms with E-state index in [-0.39, 0.29) is 18.5 Å². The summed E-state index contributed by atoms with van der Waals surface area (Å²) in [6.45, 7) is 4.93. The summed E-state index contributed by atoms with van der Waals surface area (Å²) in [6.07, 6.45) is 101. The number of carbonyl (C=O) groups excluding carboxylic acids is 2. The highest BCUT2D eigenvalue weighted by Crippen LogP contribution is 2.19. The molecule has 6 nitrogen and oxygen atoms in total. The number of ether oxygens (including phenoxy) is 1. The zero-order chi connectivity index (χ0) is 62.8. The quantitative estimate of drug-likeness (QED) is 0.0320. The summed E-state index contributed by atoms with van der Waals surface area (Å²) in [5.41, 5.74) is 0. The van der Waals surface area contributed by atoms with Gasteiger partial charge in [0.25, 0.3) is 0 Å². The van der Waals surface area contributed by atoms with Crippen molar-refractivity contribution in [2.24, 2.45) is 0 Å². The second-order valence-electron chi connectivity index (χ2n) is 27.0. The number of allylic oxidation sites excluding steroid dienone is 7. The highest BCUT2D eigenvalue weighted by molar-refractivity contribution is 5.76. The molecule has 0 radical (unpaired) electrons. The Morgan fingerprint density at radius 1 is 0.322 bits per heavy atom. The first-order valence-electron chi connectivity index (χ1n) is 39.4. The van der Waals surface area contributed by atoms with Crippen LogP contribution in [0.15, 0.2) is 48.6 Å². The predicted molar refractivity (Wildman–Crippen MR) is 384 cm³/mol. The molecule has 1 amide bonds. The van der Waals surface area contributed by atoms with Crippen LogP contribution in [-0.2, 0) is 14.3 Å². The second-order valence-corrected chi connectivity index (χ2v) is 27.0. The van der Waals surface area contributed by atoms with E-state index in [9.17, 15) is 19.8 Å². The third kappa shape index (κ3) is 72.8. The van der Waals surface area contributed by atoms with E-state index in [1.807, 2.05) is 6.08 Å². The van der Waals surface area contributed by atoms with Crippen molar-refractivity contribution in [3.05, 3.63) is 48.6 Å². The van der Waals surface area contributed by atoms with E-state index in [0.717, 1.165) is 51.4 Å². The molecule has 0 aliphatic carbocycles. The van der Waals surface area contributed by atoms with Gasteiger partial charge in [-0.1, -0.05) is 377 Å². The summed E-state index contributed by atoms with van der Waals surface area (Å²) in [4.78, 5) is 24.6. The first-order valence-corrected chi connectivity index (χ1v) is 39.4. The molecule has 0 heterocycles. The topological polar surface area (TPSA) is 95.9 Å². The van der Waals surface area contributed by atoms with Crippen molar-refractivity contribution in [2.75, 3.05) is 13.2 Å². The second kappa shape index (κ2) is 76.3. The Morgan fingerprint density at radius 2 is 0.575 bits per heavy atom. The highest BCUT2D eigenvalue weighted by atomic mass is 16.5. The number of aliphatic hydroxyl groups is 2. The molecular weight excluding hydrogens is 1070 g/mol. The van der Waals surface area contributed by atoms with Crippen molar-refractivity contribution in [1.29, 1.82) is 0 Å². The summed E-state index contributed by atoms with van der Waals surface area (Å²) in [7, 11) is 0. The normalized spacial score (nSPS) is 12.7. The molecule has 87 heavy (non-hydrogen) atoms. The van der Waals surface area contributed by atoms with Crippen LogP contribution in [0.5, 0.6) is 0 Å². The number of esters is 1. The average molecular weight is 1220 g/mol. The molecule has 2 unspecified atom stereocenters. The lowest BCUT2D eigenvalue weighted by atomic mass is 10.0. The lowest BCUT2D eigenvalue weighted by molar-refractivity contribution is -0.143. The number of hydrogen-bond donors (Lipinski definition) is 3. The van der Waals surface area contributed by atoms with Gasteiger partial charge in [0.1, 0.15) is 0 Å². The zero-order valence-corrected chi connectivity index (χ0v) is 58.8. The van der Waals surface area contributed by atoms with Crippen molar-refractivity contribution >= 4 is 11.9 Å². The molecule has 0 spiro atoms. The monoisotopic (exact) mass is 1220 g/mol. The maximum Gasteiger partial charge on any atom is 0.305 e. The van der Waals surface area contributed by atoms with Gasteiger partial charge in [-0.3, -0.25) is 9.59 Å². The summed E-state index contributed by atoms with van der Waals surface area (Å²) < 4.78 is 5.49. The van der Waals surface area contributed by atoms with Gasteiger partial charge in [0, 0.05) is 12.8 Å². The summed E-state index contributed by atoms with van der Waals surface area (Å²) in [5.74, 6) is -0.0555.